The molecule has 1 radical (unpaired) electrons. The molecule has 2 rings (SSSR count). The monoisotopic (exact) mass is 165 g/mol. The van der Waals surface area contributed by atoms with E-state index in [2.05, 4.69) is 6.42 Å². The van der Waals surface area contributed by atoms with Crippen molar-refractivity contribution < 1.29 is 0 Å². The molecule has 0 N–H and O–H groups in total. The van der Waals surface area contributed by atoms with Gasteiger partial charge in [0.2, 0.25) is 0 Å². The van der Waals surface area contributed by atoms with Crippen LogP contribution in [0.5, 0.6) is 0 Å². The Morgan fingerprint density at radius 2 is 1.42 bits per heavy atom. The lowest BCUT2D eigenvalue weighted by Crippen LogP contribution is -2.00. The van der Waals surface area contributed by atoms with Crippen molar-refractivity contribution >= 4 is 0 Å². The predicted molar refractivity (Wildman–Crippen MR) is 52.8 cm³/mol. The first-order valence-corrected chi connectivity index (χ1v) is 5.78. The fourth-order valence-electron chi connectivity index (χ4n) is 2.82. The fourth-order valence-corrected chi connectivity index (χ4v) is 2.82. The lowest BCUT2D eigenvalue weighted by atomic mass is 9.94. The third kappa shape index (κ3) is 2.24. The van der Waals surface area contributed by atoms with Gasteiger partial charge in [0.1, 0.15) is 0 Å². The van der Waals surface area contributed by atoms with Crippen molar-refractivity contribution in [2.24, 2.45) is 11.8 Å². The first kappa shape index (κ1) is 8.59. The Balaban J connectivity index is 1.60. The van der Waals surface area contributed by atoms with Crippen molar-refractivity contribution in [3.8, 4) is 0 Å². The minimum absolute atomic E-state index is 1.01. The predicted octanol–water partition coefficient (Wildman–Crippen LogP) is 3.96. The summed E-state index contributed by atoms with van der Waals surface area (Å²) in [5.41, 5.74) is 0. The van der Waals surface area contributed by atoms with Crippen molar-refractivity contribution in [2.75, 3.05) is 0 Å². The SMILES string of the molecule is [CH](CC1CCCC1)C1CCCC1. The van der Waals surface area contributed by atoms with Crippen LogP contribution in [-0.2, 0) is 0 Å². The highest BCUT2D eigenvalue weighted by atomic mass is 14.2. The molecule has 2 aliphatic rings. The second kappa shape index (κ2) is 4.30. The molecular formula is C12H21. The van der Waals surface area contributed by atoms with Gasteiger partial charge in [-0.05, 0) is 24.7 Å². The molecule has 0 aromatic heterocycles. The molecule has 0 saturated heterocycles. The van der Waals surface area contributed by atoms with E-state index in [1.165, 1.54) is 57.8 Å². The maximum Gasteiger partial charge on any atom is -0.0352 e. The van der Waals surface area contributed by atoms with Crippen LogP contribution in [0.1, 0.15) is 57.8 Å². The minimum Gasteiger partial charge on any atom is -0.0530 e. The maximum atomic E-state index is 2.64. The van der Waals surface area contributed by atoms with Gasteiger partial charge in [0.15, 0.2) is 0 Å². The van der Waals surface area contributed by atoms with Gasteiger partial charge in [-0.15, -0.1) is 0 Å². The van der Waals surface area contributed by atoms with Crippen LogP contribution in [0, 0.1) is 18.3 Å². The summed E-state index contributed by atoms with van der Waals surface area (Å²) in [6.07, 6.45) is 16.1. The van der Waals surface area contributed by atoms with Gasteiger partial charge >= 0.3 is 0 Å². The number of hydrogen-bond acceptors (Lipinski definition) is 0. The van der Waals surface area contributed by atoms with E-state index in [9.17, 15) is 0 Å². The Bertz CT molecular complexity index is 100. The average molecular weight is 165 g/mol. The van der Waals surface area contributed by atoms with Gasteiger partial charge in [-0.2, -0.15) is 0 Å². The third-order valence-electron chi connectivity index (χ3n) is 3.68. The standard InChI is InChI=1S/C12H21/c1-2-6-11(5-1)9-10-12-7-3-4-8-12/h9,11-12H,1-8,10H2. The lowest BCUT2D eigenvalue weighted by Gasteiger charge is -2.12. The van der Waals surface area contributed by atoms with Crippen LogP contribution in [0.2, 0.25) is 0 Å². The molecule has 0 bridgehead atoms. The molecule has 2 aliphatic carbocycles. The van der Waals surface area contributed by atoms with Gasteiger partial charge in [0, 0.05) is 0 Å². The van der Waals surface area contributed by atoms with Gasteiger partial charge < -0.3 is 0 Å². The average Bonchev–Trinajstić information content (AvgIpc) is 2.74. The molecule has 12 heavy (non-hydrogen) atoms. The van der Waals surface area contributed by atoms with Crippen molar-refractivity contribution in [1.29, 1.82) is 0 Å². The molecule has 0 amide bonds. The summed E-state index contributed by atoms with van der Waals surface area (Å²) in [5.74, 6) is 2.08. The minimum atomic E-state index is 1.01. The van der Waals surface area contributed by atoms with E-state index >= 15 is 0 Å². The Labute approximate surface area is 76.7 Å². The fraction of sp³-hybridized carbons (Fsp3) is 0.917. The Morgan fingerprint density at radius 1 is 0.833 bits per heavy atom. The van der Waals surface area contributed by atoms with Crippen LogP contribution in [0.15, 0.2) is 0 Å². The van der Waals surface area contributed by atoms with Crippen molar-refractivity contribution in [3.63, 3.8) is 0 Å². The summed E-state index contributed by atoms with van der Waals surface area (Å²) < 4.78 is 0. The Morgan fingerprint density at radius 3 is 2.08 bits per heavy atom. The van der Waals surface area contributed by atoms with Gasteiger partial charge in [0.25, 0.3) is 0 Å². The molecule has 0 atom stereocenters. The first-order chi connectivity index (χ1) is 5.95. The molecule has 0 heteroatoms. The summed E-state index contributed by atoms with van der Waals surface area (Å²) in [6.45, 7) is 0. The topological polar surface area (TPSA) is 0 Å². The second-order valence-corrected chi connectivity index (χ2v) is 4.67. The van der Waals surface area contributed by atoms with Crippen LogP contribution in [-0.4, -0.2) is 0 Å². The van der Waals surface area contributed by atoms with Crippen molar-refractivity contribution in [2.45, 2.75) is 57.8 Å². The zero-order valence-electron chi connectivity index (χ0n) is 8.10. The number of rotatable bonds is 3. The summed E-state index contributed by atoms with van der Waals surface area (Å²) in [5, 5.41) is 0. The normalized spacial score (nSPS) is 27.0. The van der Waals surface area contributed by atoms with Crippen molar-refractivity contribution in [3.05, 3.63) is 6.42 Å². The van der Waals surface area contributed by atoms with E-state index in [0.29, 0.717) is 0 Å². The van der Waals surface area contributed by atoms with Gasteiger partial charge in [-0.25, -0.2) is 0 Å². The smallest absolute Gasteiger partial charge is 0.0352 e. The van der Waals surface area contributed by atoms with E-state index in [1.54, 1.807) is 0 Å². The molecule has 2 saturated carbocycles. The zero-order chi connectivity index (χ0) is 8.23. The Kier molecular flexibility index (Phi) is 3.08. The van der Waals surface area contributed by atoms with E-state index in [1.807, 2.05) is 0 Å². The molecule has 0 aromatic rings. The van der Waals surface area contributed by atoms with Crippen LogP contribution in [0.4, 0.5) is 0 Å². The Hall–Kier alpha value is 0. The highest BCUT2D eigenvalue weighted by molar-refractivity contribution is 4.84. The van der Waals surface area contributed by atoms with Crippen LogP contribution < -0.4 is 0 Å². The first-order valence-electron chi connectivity index (χ1n) is 5.78. The summed E-state index contributed by atoms with van der Waals surface area (Å²) in [4.78, 5) is 0. The highest BCUT2D eigenvalue weighted by Gasteiger charge is 2.19. The van der Waals surface area contributed by atoms with E-state index in [4.69, 9.17) is 0 Å². The largest absolute Gasteiger partial charge is 0.0530 e. The quantitative estimate of drug-likeness (QED) is 0.593. The highest BCUT2D eigenvalue weighted by Crippen LogP contribution is 2.33. The van der Waals surface area contributed by atoms with Crippen LogP contribution in [0.25, 0.3) is 0 Å². The molecular weight excluding hydrogens is 144 g/mol. The third-order valence-corrected chi connectivity index (χ3v) is 3.68. The van der Waals surface area contributed by atoms with Gasteiger partial charge in [-0.1, -0.05) is 51.4 Å². The maximum absolute atomic E-state index is 2.64. The van der Waals surface area contributed by atoms with E-state index in [-0.39, 0.29) is 0 Å². The molecule has 2 fully saturated rings. The molecule has 0 aliphatic heterocycles. The van der Waals surface area contributed by atoms with Crippen LogP contribution in [0.3, 0.4) is 0 Å². The zero-order valence-corrected chi connectivity index (χ0v) is 8.10. The molecule has 69 valence electrons. The number of hydrogen-bond donors (Lipinski definition) is 0. The molecule has 0 spiro atoms. The molecule has 0 aromatic carbocycles. The summed E-state index contributed by atoms with van der Waals surface area (Å²) in [6, 6.07) is 0. The van der Waals surface area contributed by atoms with Gasteiger partial charge in [-0.3, -0.25) is 0 Å². The lowest BCUT2D eigenvalue weighted by molar-refractivity contribution is 0.488. The van der Waals surface area contributed by atoms with E-state index in [0.717, 1.165) is 11.8 Å². The van der Waals surface area contributed by atoms with Gasteiger partial charge in [0.05, 0.1) is 0 Å². The van der Waals surface area contributed by atoms with Crippen LogP contribution >= 0.6 is 0 Å². The summed E-state index contributed by atoms with van der Waals surface area (Å²) >= 11 is 0. The van der Waals surface area contributed by atoms with Crippen molar-refractivity contribution in [1.82, 2.24) is 0 Å². The summed E-state index contributed by atoms with van der Waals surface area (Å²) in [7, 11) is 0. The second-order valence-electron chi connectivity index (χ2n) is 4.67. The molecule has 0 heterocycles. The molecule has 0 nitrogen and oxygen atoms in total. The van der Waals surface area contributed by atoms with E-state index < -0.39 is 0 Å². The molecule has 0 unspecified atom stereocenters.